The quantitative estimate of drug-likeness (QED) is 0.826. The molecule has 1 aromatic carbocycles. The molecule has 2 rings (SSSR count). The van der Waals surface area contributed by atoms with E-state index in [-0.39, 0.29) is 11.5 Å². The van der Waals surface area contributed by atoms with E-state index >= 15 is 0 Å². The molecule has 0 aliphatic heterocycles. The van der Waals surface area contributed by atoms with Gasteiger partial charge in [-0.15, -0.1) is 21.6 Å². The monoisotopic (exact) mass is 322 g/mol. The van der Waals surface area contributed by atoms with Gasteiger partial charge in [0.2, 0.25) is 5.69 Å². The number of aromatic carboxylic acids is 1. The highest BCUT2D eigenvalue weighted by molar-refractivity contribution is 9.10. The van der Waals surface area contributed by atoms with Gasteiger partial charge in [-0.25, -0.2) is 4.79 Å². The molecular weight excluding hydrogens is 312 g/mol. The lowest BCUT2D eigenvalue weighted by Crippen LogP contribution is -2.05. The average Bonchev–Trinajstić information content (AvgIpc) is 2.81. The number of benzene rings is 1. The van der Waals surface area contributed by atoms with Crippen LogP contribution in [-0.2, 0) is 0 Å². The molecule has 1 aromatic heterocycles. The number of carbonyl (C=O) groups is 1. The van der Waals surface area contributed by atoms with E-state index < -0.39 is 5.97 Å². The van der Waals surface area contributed by atoms with Crippen molar-refractivity contribution in [1.29, 1.82) is 0 Å². The summed E-state index contributed by atoms with van der Waals surface area (Å²) in [7, 11) is 0. The smallest absolute Gasteiger partial charge is 0.360 e. The Labute approximate surface area is 117 Å². The summed E-state index contributed by atoms with van der Waals surface area (Å²) in [6, 6.07) is 7.23. The van der Waals surface area contributed by atoms with E-state index in [0.717, 1.165) is 4.47 Å². The van der Waals surface area contributed by atoms with Crippen LogP contribution in [0.3, 0.4) is 0 Å². The number of hydrogen-bond acceptors (Lipinski definition) is 4. The summed E-state index contributed by atoms with van der Waals surface area (Å²) in [6.07, 6.45) is 1.62. The van der Waals surface area contributed by atoms with Crippen LogP contribution in [0.4, 0.5) is 5.82 Å². The van der Waals surface area contributed by atoms with Gasteiger partial charge >= 0.3 is 5.97 Å². The van der Waals surface area contributed by atoms with Gasteiger partial charge in [0, 0.05) is 11.0 Å². The summed E-state index contributed by atoms with van der Waals surface area (Å²) >= 11 is 3.33. The molecule has 19 heavy (non-hydrogen) atoms. The maximum absolute atomic E-state index is 11.1. The van der Waals surface area contributed by atoms with Crippen molar-refractivity contribution >= 4 is 27.7 Å². The summed E-state index contributed by atoms with van der Waals surface area (Å²) in [6.45, 7) is 3.97. The molecule has 0 bridgehead atoms. The van der Waals surface area contributed by atoms with E-state index in [1.54, 1.807) is 18.2 Å². The number of rotatable bonds is 5. The Kier molecular flexibility index (Phi) is 3.96. The molecule has 0 saturated carbocycles. The van der Waals surface area contributed by atoms with Crippen molar-refractivity contribution in [2.45, 2.75) is 0 Å². The number of aromatic nitrogens is 3. The molecule has 0 saturated heterocycles. The van der Waals surface area contributed by atoms with E-state index in [1.807, 2.05) is 12.1 Å². The fourth-order valence-corrected chi connectivity index (χ4v) is 1.69. The predicted molar refractivity (Wildman–Crippen MR) is 74.7 cm³/mol. The second-order valence-corrected chi connectivity index (χ2v) is 4.55. The Morgan fingerprint density at radius 1 is 1.42 bits per heavy atom. The predicted octanol–water partition coefficient (Wildman–Crippen LogP) is 2.33. The van der Waals surface area contributed by atoms with Crippen molar-refractivity contribution in [3.8, 4) is 5.69 Å². The molecule has 7 heteroatoms. The number of nitrogens with one attached hydrogen (secondary N) is 1. The summed E-state index contributed by atoms with van der Waals surface area (Å²) < 4.78 is 0.923. The van der Waals surface area contributed by atoms with Gasteiger partial charge in [-0.1, -0.05) is 22.0 Å². The third-order valence-electron chi connectivity index (χ3n) is 2.29. The Morgan fingerprint density at radius 3 is 2.68 bits per heavy atom. The lowest BCUT2D eigenvalue weighted by molar-refractivity contribution is 0.0691. The Bertz CT molecular complexity index is 607. The minimum absolute atomic E-state index is 0.121. The molecule has 1 heterocycles. The summed E-state index contributed by atoms with van der Waals surface area (Å²) in [4.78, 5) is 12.4. The van der Waals surface area contributed by atoms with Crippen molar-refractivity contribution < 1.29 is 9.90 Å². The highest BCUT2D eigenvalue weighted by Gasteiger charge is 2.17. The first-order valence-electron chi connectivity index (χ1n) is 5.43. The number of carboxylic acid groups (broad SMARTS) is 1. The summed E-state index contributed by atoms with van der Waals surface area (Å²) in [5, 5.41) is 20.0. The van der Waals surface area contributed by atoms with Crippen LogP contribution >= 0.6 is 15.9 Å². The molecule has 0 spiro atoms. The van der Waals surface area contributed by atoms with Crippen molar-refractivity contribution in [1.82, 2.24) is 15.0 Å². The zero-order valence-corrected chi connectivity index (χ0v) is 11.5. The minimum atomic E-state index is -1.13. The average molecular weight is 323 g/mol. The standard InChI is InChI=1S/C12H11BrN4O2/c1-2-7-14-11-10(12(18)19)15-17(16-11)9-5-3-8(13)4-6-9/h2-6H,1,7H2,(H,14,16)(H,18,19). The van der Waals surface area contributed by atoms with Crippen LogP contribution in [0, 0.1) is 0 Å². The number of hydrogen-bond donors (Lipinski definition) is 2. The van der Waals surface area contributed by atoms with Crippen molar-refractivity contribution in [2.75, 3.05) is 11.9 Å². The van der Waals surface area contributed by atoms with Gasteiger partial charge in [-0.3, -0.25) is 0 Å². The lowest BCUT2D eigenvalue weighted by atomic mass is 10.3. The summed E-state index contributed by atoms with van der Waals surface area (Å²) in [5.41, 5.74) is 0.558. The first-order chi connectivity index (χ1) is 9.11. The van der Waals surface area contributed by atoms with Gasteiger partial charge in [0.1, 0.15) is 0 Å². The topological polar surface area (TPSA) is 80.0 Å². The van der Waals surface area contributed by atoms with Gasteiger partial charge in [-0.2, -0.15) is 0 Å². The van der Waals surface area contributed by atoms with E-state index in [9.17, 15) is 4.79 Å². The number of anilines is 1. The molecule has 98 valence electrons. The van der Waals surface area contributed by atoms with Gasteiger partial charge in [0.15, 0.2) is 5.82 Å². The van der Waals surface area contributed by atoms with Crippen LogP contribution in [0.5, 0.6) is 0 Å². The van der Waals surface area contributed by atoms with Crippen LogP contribution in [-0.4, -0.2) is 32.6 Å². The first-order valence-corrected chi connectivity index (χ1v) is 6.22. The molecule has 6 nitrogen and oxygen atoms in total. The highest BCUT2D eigenvalue weighted by Crippen LogP contribution is 2.16. The molecule has 0 amide bonds. The highest BCUT2D eigenvalue weighted by atomic mass is 79.9. The van der Waals surface area contributed by atoms with Crippen molar-refractivity contribution in [2.24, 2.45) is 0 Å². The van der Waals surface area contributed by atoms with Crippen LogP contribution in [0.2, 0.25) is 0 Å². The summed E-state index contributed by atoms with van der Waals surface area (Å²) in [5.74, 6) is -0.912. The first kappa shape index (κ1) is 13.3. The molecule has 2 N–H and O–H groups in total. The minimum Gasteiger partial charge on any atom is -0.476 e. The van der Waals surface area contributed by atoms with Gasteiger partial charge in [-0.05, 0) is 24.3 Å². The van der Waals surface area contributed by atoms with Crippen molar-refractivity contribution in [3.05, 3.63) is 47.1 Å². The molecule has 0 aliphatic rings. The van der Waals surface area contributed by atoms with Gasteiger partial charge < -0.3 is 10.4 Å². The third kappa shape index (κ3) is 3.00. The zero-order valence-electron chi connectivity index (χ0n) is 9.88. The van der Waals surface area contributed by atoms with E-state index in [2.05, 4.69) is 38.0 Å². The lowest BCUT2D eigenvalue weighted by Gasteiger charge is -1.99. The van der Waals surface area contributed by atoms with E-state index in [0.29, 0.717) is 12.2 Å². The van der Waals surface area contributed by atoms with Crippen molar-refractivity contribution in [3.63, 3.8) is 0 Å². The maximum Gasteiger partial charge on any atom is 0.360 e. The molecule has 0 unspecified atom stereocenters. The largest absolute Gasteiger partial charge is 0.476 e. The van der Waals surface area contributed by atoms with E-state index in [4.69, 9.17) is 5.11 Å². The number of carboxylic acids is 1. The second-order valence-electron chi connectivity index (χ2n) is 3.64. The van der Waals surface area contributed by atoms with E-state index in [1.165, 1.54) is 4.80 Å². The second kappa shape index (κ2) is 5.66. The van der Waals surface area contributed by atoms with Gasteiger partial charge in [0.25, 0.3) is 0 Å². The molecule has 0 fully saturated rings. The Balaban J connectivity index is 2.39. The molecule has 0 aliphatic carbocycles. The third-order valence-corrected chi connectivity index (χ3v) is 2.82. The molecule has 0 atom stereocenters. The SMILES string of the molecule is C=CCNc1nn(-c2ccc(Br)cc2)nc1C(=O)O. The number of nitrogens with zero attached hydrogens (tertiary/aromatic N) is 3. The van der Waals surface area contributed by atoms with Crippen LogP contribution in [0.25, 0.3) is 5.69 Å². The molecular formula is C12H11BrN4O2. The van der Waals surface area contributed by atoms with Crippen LogP contribution in [0.1, 0.15) is 10.5 Å². The molecule has 0 radical (unpaired) electrons. The maximum atomic E-state index is 11.1. The Hall–Kier alpha value is -2.15. The number of halogens is 1. The Morgan fingerprint density at radius 2 is 2.11 bits per heavy atom. The van der Waals surface area contributed by atoms with Gasteiger partial charge in [0.05, 0.1) is 5.69 Å². The van der Waals surface area contributed by atoms with Crippen LogP contribution in [0.15, 0.2) is 41.4 Å². The zero-order chi connectivity index (χ0) is 13.8. The van der Waals surface area contributed by atoms with Crippen LogP contribution < -0.4 is 5.32 Å². The fraction of sp³-hybridized carbons (Fsp3) is 0.0833. The normalized spacial score (nSPS) is 10.2. The fourth-order valence-electron chi connectivity index (χ4n) is 1.43. The molecule has 2 aromatic rings.